The number of aryl methyl sites for hydroxylation is 2. The molecular formula is C18H17NO4. The Balaban J connectivity index is 1.75. The summed E-state index contributed by atoms with van der Waals surface area (Å²) in [5, 5.41) is 0. The maximum Gasteiger partial charge on any atom is 0.331 e. The van der Waals surface area contributed by atoms with E-state index in [1.807, 2.05) is 32.0 Å². The van der Waals surface area contributed by atoms with Gasteiger partial charge in [0.15, 0.2) is 6.61 Å². The quantitative estimate of drug-likeness (QED) is 0.646. The van der Waals surface area contributed by atoms with Gasteiger partial charge in [0.25, 0.3) is 5.91 Å². The van der Waals surface area contributed by atoms with Crippen LogP contribution < -0.4 is 14.4 Å². The van der Waals surface area contributed by atoms with Crippen LogP contribution in [0, 0.1) is 13.8 Å². The van der Waals surface area contributed by atoms with E-state index in [1.54, 1.807) is 24.3 Å². The van der Waals surface area contributed by atoms with E-state index in [4.69, 9.17) is 9.47 Å². The van der Waals surface area contributed by atoms with Crippen molar-refractivity contribution in [3.63, 3.8) is 0 Å². The molecule has 118 valence electrons. The van der Waals surface area contributed by atoms with Crippen LogP contribution >= 0.6 is 0 Å². The Bertz CT molecular complexity index is 769. The molecule has 0 N–H and O–H groups in total. The lowest BCUT2D eigenvalue weighted by Gasteiger charge is -2.28. The number of rotatable bonds is 3. The fraction of sp³-hybridized carbons (Fsp3) is 0.222. The molecule has 5 nitrogen and oxygen atoms in total. The van der Waals surface area contributed by atoms with Crippen molar-refractivity contribution < 1.29 is 19.1 Å². The van der Waals surface area contributed by atoms with Crippen LogP contribution in [0.1, 0.15) is 11.1 Å². The molecule has 0 unspecified atom stereocenters. The molecule has 0 spiro atoms. The Hall–Kier alpha value is -2.82. The predicted molar refractivity (Wildman–Crippen MR) is 85.8 cm³/mol. The summed E-state index contributed by atoms with van der Waals surface area (Å²) < 4.78 is 10.7. The van der Waals surface area contributed by atoms with Gasteiger partial charge < -0.3 is 9.47 Å². The van der Waals surface area contributed by atoms with E-state index in [0.717, 1.165) is 11.1 Å². The number of benzene rings is 2. The Morgan fingerprint density at radius 3 is 2.74 bits per heavy atom. The summed E-state index contributed by atoms with van der Waals surface area (Å²) in [5.74, 6) is 0.317. The number of ether oxygens (including phenoxy) is 2. The molecule has 2 aromatic carbocycles. The third-order valence-corrected chi connectivity index (χ3v) is 3.81. The van der Waals surface area contributed by atoms with Crippen LogP contribution in [0.3, 0.4) is 0 Å². The van der Waals surface area contributed by atoms with E-state index in [1.165, 1.54) is 4.90 Å². The first-order chi connectivity index (χ1) is 11.0. The second kappa shape index (κ2) is 6.12. The van der Waals surface area contributed by atoms with Gasteiger partial charge in [0, 0.05) is 0 Å². The summed E-state index contributed by atoms with van der Waals surface area (Å²) in [6, 6.07) is 12.6. The zero-order chi connectivity index (χ0) is 16.4. The van der Waals surface area contributed by atoms with Gasteiger partial charge in [0.05, 0.1) is 5.69 Å². The monoisotopic (exact) mass is 311 g/mol. The summed E-state index contributed by atoms with van der Waals surface area (Å²) in [4.78, 5) is 25.6. The van der Waals surface area contributed by atoms with Gasteiger partial charge in [-0.2, -0.15) is 0 Å². The van der Waals surface area contributed by atoms with Gasteiger partial charge in [-0.15, -0.1) is 0 Å². The predicted octanol–water partition coefficient (Wildman–Crippen LogP) is 2.63. The van der Waals surface area contributed by atoms with Gasteiger partial charge in [-0.1, -0.05) is 18.2 Å². The van der Waals surface area contributed by atoms with Crippen LogP contribution in [0.4, 0.5) is 5.69 Å². The average Bonchev–Trinajstić information content (AvgIpc) is 2.54. The molecule has 5 heteroatoms. The highest BCUT2D eigenvalue weighted by atomic mass is 16.5. The standard InChI is InChI=1S/C18H17NO4/c1-12-7-8-14(9-13(12)2)23-18(21)10-19-15-5-3-4-6-16(15)22-11-17(19)20/h3-9H,10-11H2,1-2H3. The third-order valence-electron chi connectivity index (χ3n) is 3.81. The van der Waals surface area contributed by atoms with Crippen molar-refractivity contribution in [2.45, 2.75) is 13.8 Å². The van der Waals surface area contributed by atoms with Gasteiger partial charge in [0.2, 0.25) is 0 Å². The van der Waals surface area contributed by atoms with E-state index in [2.05, 4.69) is 0 Å². The molecule has 0 saturated heterocycles. The second-order valence-corrected chi connectivity index (χ2v) is 5.46. The maximum atomic E-state index is 12.2. The number of anilines is 1. The fourth-order valence-corrected chi connectivity index (χ4v) is 2.40. The van der Waals surface area contributed by atoms with Gasteiger partial charge in [-0.3, -0.25) is 9.69 Å². The average molecular weight is 311 g/mol. The van der Waals surface area contributed by atoms with E-state index in [0.29, 0.717) is 17.2 Å². The number of para-hydroxylation sites is 2. The number of hydrogen-bond donors (Lipinski definition) is 0. The van der Waals surface area contributed by atoms with Crippen LogP contribution in [0.15, 0.2) is 42.5 Å². The van der Waals surface area contributed by atoms with Crippen molar-refractivity contribution in [1.82, 2.24) is 0 Å². The van der Waals surface area contributed by atoms with Gasteiger partial charge in [-0.05, 0) is 49.2 Å². The lowest BCUT2D eigenvalue weighted by molar-refractivity contribution is -0.134. The van der Waals surface area contributed by atoms with E-state index in [-0.39, 0.29) is 19.1 Å². The zero-order valence-corrected chi connectivity index (χ0v) is 13.0. The Labute approximate surface area is 134 Å². The number of esters is 1. The molecular weight excluding hydrogens is 294 g/mol. The minimum Gasteiger partial charge on any atom is -0.482 e. The molecule has 0 aromatic heterocycles. The Morgan fingerprint density at radius 2 is 1.96 bits per heavy atom. The van der Waals surface area contributed by atoms with Crippen molar-refractivity contribution in [2.24, 2.45) is 0 Å². The Morgan fingerprint density at radius 1 is 1.17 bits per heavy atom. The van der Waals surface area contributed by atoms with Crippen molar-refractivity contribution in [3.05, 3.63) is 53.6 Å². The molecule has 23 heavy (non-hydrogen) atoms. The molecule has 0 fully saturated rings. The topological polar surface area (TPSA) is 55.8 Å². The van der Waals surface area contributed by atoms with E-state index in [9.17, 15) is 9.59 Å². The fourth-order valence-electron chi connectivity index (χ4n) is 2.40. The molecule has 1 amide bonds. The van der Waals surface area contributed by atoms with Crippen molar-refractivity contribution in [3.8, 4) is 11.5 Å². The summed E-state index contributed by atoms with van der Waals surface area (Å²) in [6.07, 6.45) is 0. The minimum absolute atomic E-state index is 0.0755. The Kier molecular flexibility index (Phi) is 4.02. The first kappa shape index (κ1) is 15.1. The molecule has 0 radical (unpaired) electrons. The highest BCUT2D eigenvalue weighted by Gasteiger charge is 2.27. The molecule has 0 atom stereocenters. The van der Waals surface area contributed by atoms with Crippen molar-refractivity contribution in [1.29, 1.82) is 0 Å². The van der Waals surface area contributed by atoms with Gasteiger partial charge >= 0.3 is 5.97 Å². The number of amides is 1. The lowest BCUT2D eigenvalue weighted by atomic mass is 10.1. The maximum absolute atomic E-state index is 12.2. The van der Waals surface area contributed by atoms with Gasteiger partial charge in [0.1, 0.15) is 18.0 Å². The van der Waals surface area contributed by atoms with Crippen LogP contribution in [0.5, 0.6) is 11.5 Å². The SMILES string of the molecule is Cc1ccc(OC(=O)CN2C(=O)COc3ccccc32)cc1C. The third kappa shape index (κ3) is 3.18. The minimum atomic E-state index is -0.488. The molecule has 1 aliphatic rings. The van der Waals surface area contributed by atoms with Crippen LogP contribution in [-0.4, -0.2) is 25.0 Å². The summed E-state index contributed by atoms with van der Waals surface area (Å²) >= 11 is 0. The zero-order valence-electron chi connectivity index (χ0n) is 13.0. The van der Waals surface area contributed by atoms with Crippen LogP contribution in [0.2, 0.25) is 0 Å². The first-order valence-corrected chi connectivity index (χ1v) is 7.35. The number of carbonyl (C=O) groups excluding carboxylic acids is 2. The summed E-state index contributed by atoms with van der Waals surface area (Å²) in [7, 11) is 0. The molecule has 2 aromatic rings. The largest absolute Gasteiger partial charge is 0.482 e. The molecule has 3 rings (SSSR count). The van der Waals surface area contributed by atoms with Crippen LogP contribution in [-0.2, 0) is 9.59 Å². The molecule has 0 aliphatic carbocycles. The highest BCUT2D eigenvalue weighted by Crippen LogP contribution is 2.31. The molecule has 1 heterocycles. The van der Waals surface area contributed by atoms with Crippen molar-refractivity contribution in [2.75, 3.05) is 18.1 Å². The number of nitrogens with zero attached hydrogens (tertiary/aromatic N) is 1. The highest BCUT2D eigenvalue weighted by molar-refractivity contribution is 6.01. The molecule has 0 bridgehead atoms. The number of carbonyl (C=O) groups is 2. The van der Waals surface area contributed by atoms with Crippen LogP contribution in [0.25, 0.3) is 0 Å². The summed E-state index contributed by atoms with van der Waals surface area (Å²) in [5.41, 5.74) is 2.76. The van der Waals surface area contributed by atoms with Gasteiger partial charge in [-0.25, -0.2) is 4.79 Å². The summed E-state index contributed by atoms with van der Waals surface area (Å²) in [6.45, 7) is 3.72. The number of fused-ring (bicyclic) bond motifs is 1. The normalized spacial score (nSPS) is 13.3. The number of hydrogen-bond acceptors (Lipinski definition) is 4. The first-order valence-electron chi connectivity index (χ1n) is 7.35. The molecule has 1 aliphatic heterocycles. The molecule has 0 saturated carbocycles. The van der Waals surface area contributed by atoms with E-state index >= 15 is 0 Å². The van der Waals surface area contributed by atoms with Crippen molar-refractivity contribution >= 4 is 17.6 Å². The smallest absolute Gasteiger partial charge is 0.331 e. The second-order valence-electron chi connectivity index (χ2n) is 5.46. The lowest BCUT2D eigenvalue weighted by Crippen LogP contribution is -2.43. The van der Waals surface area contributed by atoms with E-state index < -0.39 is 5.97 Å².